The topological polar surface area (TPSA) is 97.3 Å². The first kappa shape index (κ1) is 24.7. The van der Waals surface area contributed by atoms with Crippen LogP contribution >= 0.6 is 0 Å². The van der Waals surface area contributed by atoms with E-state index in [9.17, 15) is 17.6 Å². The van der Waals surface area contributed by atoms with Crippen molar-refractivity contribution in [3.63, 3.8) is 0 Å². The van der Waals surface area contributed by atoms with Crippen LogP contribution in [0.1, 0.15) is 12.5 Å². The summed E-state index contributed by atoms with van der Waals surface area (Å²) in [6.07, 6.45) is 0. The van der Waals surface area contributed by atoms with Crippen molar-refractivity contribution in [3.8, 4) is 11.5 Å². The van der Waals surface area contributed by atoms with Gasteiger partial charge in [-0.15, -0.1) is 0 Å². The van der Waals surface area contributed by atoms with Gasteiger partial charge >= 0.3 is 0 Å². The summed E-state index contributed by atoms with van der Waals surface area (Å²) in [7, 11) is -1.07. The van der Waals surface area contributed by atoms with Gasteiger partial charge in [0.1, 0.15) is 12.4 Å². The lowest BCUT2D eigenvalue weighted by molar-refractivity contribution is -0.119. The molecule has 3 aromatic carbocycles. The minimum Gasteiger partial charge on any atom is -0.493 e. The van der Waals surface area contributed by atoms with E-state index in [1.807, 2.05) is 0 Å². The minimum atomic E-state index is -4.10. The van der Waals surface area contributed by atoms with E-state index in [4.69, 9.17) is 9.47 Å². The molecule has 0 unspecified atom stereocenters. The van der Waals surface area contributed by atoms with Crippen molar-refractivity contribution in [1.82, 2.24) is 5.43 Å². The van der Waals surface area contributed by atoms with Gasteiger partial charge in [-0.2, -0.15) is 5.10 Å². The number of hydrazone groups is 1. The Morgan fingerprint density at radius 1 is 0.971 bits per heavy atom. The van der Waals surface area contributed by atoms with Crippen LogP contribution in [0, 0.1) is 5.82 Å². The fourth-order valence-corrected chi connectivity index (χ4v) is 4.52. The number of sulfonamides is 1. The summed E-state index contributed by atoms with van der Waals surface area (Å²) in [6.45, 7) is 1.12. The molecule has 3 aromatic rings. The van der Waals surface area contributed by atoms with Crippen LogP contribution in [0.3, 0.4) is 0 Å². The van der Waals surface area contributed by atoms with Gasteiger partial charge in [0, 0.05) is 5.56 Å². The van der Waals surface area contributed by atoms with Crippen LogP contribution < -0.4 is 19.2 Å². The van der Waals surface area contributed by atoms with E-state index in [1.54, 1.807) is 43.3 Å². The molecule has 10 heteroatoms. The Kier molecular flexibility index (Phi) is 7.85. The molecule has 178 valence electrons. The van der Waals surface area contributed by atoms with Crippen molar-refractivity contribution in [2.45, 2.75) is 11.8 Å². The molecule has 1 N–H and O–H groups in total. The molecular weight excluding hydrogens is 461 g/mol. The van der Waals surface area contributed by atoms with Gasteiger partial charge in [-0.3, -0.25) is 9.10 Å². The number of rotatable bonds is 9. The Bertz CT molecular complexity index is 1280. The average molecular weight is 486 g/mol. The molecule has 0 saturated carbocycles. The molecule has 0 fully saturated rings. The minimum absolute atomic E-state index is 0.00265. The lowest BCUT2D eigenvalue weighted by Gasteiger charge is -2.23. The van der Waals surface area contributed by atoms with Crippen LogP contribution in [-0.2, 0) is 14.8 Å². The fourth-order valence-electron chi connectivity index (χ4n) is 3.08. The van der Waals surface area contributed by atoms with Crippen LogP contribution in [0.4, 0.5) is 10.1 Å². The second-order valence-electron chi connectivity index (χ2n) is 7.10. The second-order valence-corrected chi connectivity index (χ2v) is 8.97. The third-order valence-corrected chi connectivity index (χ3v) is 6.67. The van der Waals surface area contributed by atoms with E-state index >= 15 is 0 Å². The van der Waals surface area contributed by atoms with E-state index in [-0.39, 0.29) is 10.6 Å². The van der Waals surface area contributed by atoms with Crippen LogP contribution in [0.25, 0.3) is 0 Å². The van der Waals surface area contributed by atoms with Crippen LogP contribution in [0.15, 0.2) is 82.8 Å². The summed E-state index contributed by atoms with van der Waals surface area (Å²) >= 11 is 0. The standard InChI is InChI=1S/C24H24FN3O5S/c1-17(18-9-14-22(32-2)23(15-18)33-3)26-27-24(29)16-28(20-12-10-19(25)11-13-20)34(30,31)21-7-5-4-6-8-21/h4-15H,16H2,1-3H3,(H,27,29)/b26-17-. The number of methoxy groups -OCH3 is 2. The zero-order valence-electron chi connectivity index (χ0n) is 18.9. The highest BCUT2D eigenvalue weighted by Gasteiger charge is 2.27. The number of halogens is 1. The van der Waals surface area contributed by atoms with Gasteiger partial charge in [0.25, 0.3) is 15.9 Å². The van der Waals surface area contributed by atoms with Crippen LogP contribution in [0.5, 0.6) is 11.5 Å². The largest absolute Gasteiger partial charge is 0.493 e. The number of anilines is 1. The normalized spacial score (nSPS) is 11.6. The van der Waals surface area contributed by atoms with E-state index in [1.165, 1.54) is 38.5 Å². The highest BCUT2D eigenvalue weighted by molar-refractivity contribution is 7.92. The maximum atomic E-state index is 13.4. The lowest BCUT2D eigenvalue weighted by Crippen LogP contribution is -2.39. The summed E-state index contributed by atoms with van der Waals surface area (Å²) in [5.41, 5.74) is 3.66. The number of carbonyl (C=O) groups excluding carboxylic acids is 1. The van der Waals surface area contributed by atoms with Gasteiger partial charge in [0.05, 0.1) is 30.5 Å². The predicted molar refractivity (Wildman–Crippen MR) is 127 cm³/mol. The van der Waals surface area contributed by atoms with Crippen molar-refractivity contribution < 1.29 is 27.1 Å². The molecule has 0 spiro atoms. The molecule has 3 rings (SSSR count). The first-order chi connectivity index (χ1) is 16.3. The third kappa shape index (κ3) is 5.70. The quantitative estimate of drug-likeness (QED) is 0.369. The van der Waals surface area contributed by atoms with Crippen LogP contribution in [-0.4, -0.2) is 40.8 Å². The molecule has 34 heavy (non-hydrogen) atoms. The molecule has 8 nitrogen and oxygen atoms in total. The first-order valence-electron chi connectivity index (χ1n) is 10.1. The fraction of sp³-hybridized carbons (Fsp3) is 0.167. The summed E-state index contributed by atoms with van der Waals surface area (Å²) in [6, 6.07) is 17.7. The molecule has 0 heterocycles. The van der Waals surface area contributed by atoms with Gasteiger partial charge in [-0.25, -0.2) is 18.2 Å². The number of nitrogens with one attached hydrogen (secondary N) is 1. The van der Waals surface area contributed by atoms with Gasteiger partial charge in [0.2, 0.25) is 0 Å². The monoisotopic (exact) mass is 485 g/mol. The Morgan fingerprint density at radius 3 is 2.24 bits per heavy atom. The van der Waals surface area contributed by atoms with Gasteiger partial charge in [0.15, 0.2) is 11.5 Å². The van der Waals surface area contributed by atoms with Gasteiger partial charge in [-0.1, -0.05) is 18.2 Å². The maximum absolute atomic E-state index is 13.4. The number of carbonyl (C=O) groups is 1. The SMILES string of the molecule is COc1ccc(/C(C)=N\NC(=O)CN(c2ccc(F)cc2)S(=O)(=O)c2ccccc2)cc1OC. The smallest absolute Gasteiger partial charge is 0.264 e. The number of amides is 1. The van der Waals surface area contributed by atoms with Crippen molar-refractivity contribution >= 4 is 27.3 Å². The lowest BCUT2D eigenvalue weighted by atomic mass is 10.1. The summed E-state index contributed by atoms with van der Waals surface area (Å²) in [5.74, 6) is -0.162. The number of benzene rings is 3. The molecule has 0 aromatic heterocycles. The zero-order valence-corrected chi connectivity index (χ0v) is 19.7. The molecule has 0 bridgehead atoms. The predicted octanol–water partition coefficient (Wildman–Crippen LogP) is 3.58. The average Bonchev–Trinajstić information content (AvgIpc) is 2.86. The molecule has 0 atom stereocenters. The highest BCUT2D eigenvalue weighted by atomic mass is 32.2. The Labute approximate surface area is 197 Å². The van der Waals surface area contributed by atoms with Crippen molar-refractivity contribution in [2.75, 3.05) is 25.1 Å². The Hall–Kier alpha value is -3.92. The second kappa shape index (κ2) is 10.8. The summed E-state index contributed by atoms with van der Waals surface area (Å²) in [5, 5.41) is 4.08. The summed E-state index contributed by atoms with van der Waals surface area (Å²) < 4.78 is 51.3. The number of ether oxygens (including phenoxy) is 2. The van der Waals surface area contributed by atoms with Gasteiger partial charge < -0.3 is 9.47 Å². The van der Waals surface area contributed by atoms with Crippen LogP contribution in [0.2, 0.25) is 0 Å². The maximum Gasteiger partial charge on any atom is 0.264 e. The molecule has 0 aliphatic rings. The Morgan fingerprint density at radius 2 is 1.62 bits per heavy atom. The molecular formula is C24H24FN3O5S. The highest BCUT2D eigenvalue weighted by Crippen LogP contribution is 2.28. The zero-order chi connectivity index (χ0) is 24.7. The molecule has 1 amide bonds. The van der Waals surface area contributed by atoms with Crippen molar-refractivity contribution in [2.24, 2.45) is 5.10 Å². The van der Waals surface area contributed by atoms with E-state index in [0.717, 1.165) is 16.4 Å². The van der Waals surface area contributed by atoms with E-state index in [0.29, 0.717) is 22.8 Å². The molecule has 0 aliphatic carbocycles. The van der Waals surface area contributed by atoms with E-state index in [2.05, 4.69) is 10.5 Å². The van der Waals surface area contributed by atoms with Gasteiger partial charge in [-0.05, 0) is 61.5 Å². The Balaban J connectivity index is 1.84. The number of nitrogens with zero attached hydrogens (tertiary/aromatic N) is 2. The summed E-state index contributed by atoms with van der Waals surface area (Å²) in [4.78, 5) is 12.7. The van der Waals surface area contributed by atoms with Crippen molar-refractivity contribution in [3.05, 3.63) is 84.2 Å². The number of hydrogen-bond acceptors (Lipinski definition) is 6. The van der Waals surface area contributed by atoms with E-state index < -0.39 is 28.3 Å². The molecule has 0 saturated heterocycles. The molecule has 0 aliphatic heterocycles. The number of hydrogen-bond donors (Lipinski definition) is 1. The first-order valence-corrected chi connectivity index (χ1v) is 11.6. The third-order valence-electron chi connectivity index (χ3n) is 4.88. The molecule has 0 radical (unpaired) electrons. The van der Waals surface area contributed by atoms with Crippen molar-refractivity contribution in [1.29, 1.82) is 0 Å².